The molecular weight excluding hydrogens is 315 g/mol. The van der Waals surface area contributed by atoms with Crippen molar-refractivity contribution < 1.29 is 14.3 Å². The maximum atomic E-state index is 11.7. The molecule has 0 fully saturated rings. The molecule has 1 aromatic carbocycles. The summed E-state index contributed by atoms with van der Waals surface area (Å²) in [5, 5.41) is 2.95. The molecule has 0 saturated heterocycles. The summed E-state index contributed by atoms with van der Waals surface area (Å²) >= 11 is 11.7. The molecule has 1 aromatic heterocycles. The second-order valence-electron chi connectivity index (χ2n) is 3.95. The van der Waals surface area contributed by atoms with E-state index < -0.39 is 18.5 Å². The van der Waals surface area contributed by atoms with Crippen molar-refractivity contribution in [2.75, 3.05) is 11.9 Å². The Morgan fingerprint density at radius 2 is 1.90 bits per heavy atom. The lowest BCUT2D eigenvalue weighted by Crippen LogP contribution is -2.21. The summed E-state index contributed by atoms with van der Waals surface area (Å²) < 4.78 is 4.86. The molecule has 0 aliphatic heterocycles. The molecule has 0 unspecified atom stereocenters. The molecule has 0 aliphatic carbocycles. The number of hydrogen-bond donors (Lipinski definition) is 1. The van der Waals surface area contributed by atoms with E-state index in [0.717, 1.165) is 0 Å². The van der Waals surface area contributed by atoms with Crippen molar-refractivity contribution in [2.45, 2.75) is 0 Å². The fourth-order valence-corrected chi connectivity index (χ4v) is 1.88. The fourth-order valence-electron chi connectivity index (χ4n) is 1.50. The first-order chi connectivity index (χ1) is 10.1. The Morgan fingerprint density at radius 3 is 2.62 bits per heavy atom. The Balaban J connectivity index is 1.91. The second-order valence-corrected chi connectivity index (χ2v) is 4.71. The zero-order chi connectivity index (χ0) is 15.2. The van der Waals surface area contributed by atoms with Crippen molar-refractivity contribution in [1.82, 2.24) is 4.98 Å². The first-order valence-corrected chi connectivity index (χ1v) is 6.65. The van der Waals surface area contributed by atoms with Gasteiger partial charge in [0.25, 0.3) is 5.91 Å². The number of rotatable bonds is 4. The molecule has 108 valence electrons. The summed E-state index contributed by atoms with van der Waals surface area (Å²) in [6, 6.07) is 9.75. The van der Waals surface area contributed by atoms with Crippen LogP contribution in [-0.2, 0) is 9.53 Å². The van der Waals surface area contributed by atoms with Gasteiger partial charge in [0.2, 0.25) is 0 Å². The minimum Gasteiger partial charge on any atom is -0.452 e. The van der Waals surface area contributed by atoms with E-state index in [9.17, 15) is 9.59 Å². The van der Waals surface area contributed by atoms with Crippen LogP contribution in [0.4, 0.5) is 5.69 Å². The monoisotopic (exact) mass is 324 g/mol. The van der Waals surface area contributed by atoms with Gasteiger partial charge in [-0.2, -0.15) is 0 Å². The normalized spacial score (nSPS) is 10.0. The summed E-state index contributed by atoms with van der Waals surface area (Å²) in [4.78, 5) is 27.2. The van der Waals surface area contributed by atoms with Crippen molar-refractivity contribution in [3.63, 3.8) is 0 Å². The van der Waals surface area contributed by atoms with E-state index in [1.54, 1.807) is 30.3 Å². The van der Waals surface area contributed by atoms with Crippen LogP contribution in [0.25, 0.3) is 0 Å². The number of anilines is 1. The molecule has 0 radical (unpaired) electrons. The van der Waals surface area contributed by atoms with Crippen LogP contribution in [0.15, 0.2) is 42.6 Å². The largest absolute Gasteiger partial charge is 0.452 e. The van der Waals surface area contributed by atoms with Gasteiger partial charge >= 0.3 is 5.97 Å². The maximum absolute atomic E-state index is 11.7. The van der Waals surface area contributed by atoms with Gasteiger partial charge in [0.15, 0.2) is 6.61 Å². The quantitative estimate of drug-likeness (QED) is 0.692. The Morgan fingerprint density at radius 1 is 1.14 bits per heavy atom. The number of halogens is 2. The SMILES string of the molecule is O=C(COC(=O)c1cccnc1Cl)Nc1ccccc1Cl. The standard InChI is InChI=1S/C14H10Cl2N2O3/c15-10-5-1-2-6-11(10)18-12(19)8-21-14(20)9-4-3-7-17-13(9)16/h1-7H,8H2,(H,18,19). The first-order valence-electron chi connectivity index (χ1n) is 5.90. The summed E-state index contributed by atoms with van der Waals surface area (Å²) in [5.41, 5.74) is 0.546. The van der Waals surface area contributed by atoms with Gasteiger partial charge in [-0.15, -0.1) is 0 Å². The minimum absolute atomic E-state index is 0.0222. The van der Waals surface area contributed by atoms with Crippen LogP contribution in [-0.4, -0.2) is 23.5 Å². The van der Waals surface area contributed by atoms with E-state index in [4.69, 9.17) is 27.9 Å². The van der Waals surface area contributed by atoms with E-state index in [2.05, 4.69) is 10.3 Å². The molecule has 2 aromatic rings. The zero-order valence-electron chi connectivity index (χ0n) is 10.7. The highest BCUT2D eigenvalue weighted by Crippen LogP contribution is 2.20. The van der Waals surface area contributed by atoms with Gasteiger partial charge in [0.05, 0.1) is 16.3 Å². The molecule has 0 bridgehead atoms. The Hall–Kier alpha value is -2.11. The number of carbonyl (C=O) groups excluding carboxylic acids is 2. The van der Waals surface area contributed by atoms with Gasteiger partial charge in [0, 0.05) is 6.20 Å². The number of para-hydroxylation sites is 1. The number of esters is 1. The van der Waals surface area contributed by atoms with Crippen LogP contribution in [0.1, 0.15) is 10.4 Å². The van der Waals surface area contributed by atoms with Crippen LogP contribution < -0.4 is 5.32 Å². The number of ether oxygens (including phenoxy) is 1. The van der Waals surface area contributed by atoms with Crippen molar-refractivity contribution in [3.05, 3.63) is 58.3 Å². The predicted octanol–water partition coefficient (Wildman–Crippen LogP) is 3.18. The van der Waals surface area contributed by atoms with E-state index in [-0.39, 0.29) is 10.7 Å². The maximum Gasteiger partial charge on any atom is 0.341 e. The molecule has 0 saturated carbocycles. The van der Waals surface area contributed by atoms with Crippen molar-refractivity contribution >= 4 is 40.8 Å². The molecule has 1 amide bonds. The van der Waals surface area contributed by atoms with Crippen LogP contribution in [0.2, 0.25) is 10.2 Å². The molecule has 0 aliphatic rings. The molecule has 0 atom stereocenters. The van der Waals surface area contributed by atoms with Crippen LogP contribution in [0.5, 0.6) is 0 Å². The second kappa shape index (κ2) is 7.06. The lowest BCUT2D eigenvalue weighted by Gasteiger charge is -2.08. The third-order valence-electron chi connectivity index (χ3n) is 2.46. The number of aromatic nitrogens is 1. The summed E-state index contributed by atoms with van der Waals surface area (Å²) in [5.74, 6) is -1.22. The number of benzene rings is 1. The highest BCUT2D eigenvalue weighted by atomic mass is 35.5. The zero-order valence-corrected chi connectivity index (χ0v) is 12.2. The molecule has 2 rings (SSSR count). The van der Waals surface area contributed by atoms with Gasteiger partial charge in [0.1, 0.15) is 5.15 Å². The van der Waals surface area contributed by atoms with Crippen LogP contribution >= 0.6 is 23.2 Å². The molecule has 7 heteroatoms. The van der Waals surface area contributed by atoms with Crippen molar-refractivity contribution in [1.29, 1.82) is 0 Å². The third kappa shape index (κ3) is 4.18. The van der Waals surface area contributed by atoms with Gasteiger partial charge in [-0.25, -0.2) is 9.78 Å². The summed E-state index contributed by atoms with van der Waals surface area (Å²) in [6.07, 6.45) is 1.45. The van der Waals surface area contributed by atoms with Crippen LogP contribution in [0, 0.1) is 0 Å². The highest BCUT2D eigenvalue weighted by molar-refractivity contribution is 6.33. The summed E-state index contributed by atoms with van der Waals surface area (Å²) in [6.45, 7) is -0.449. The molecule has 1 heterocycles. The first kappa shape index (κ1) is 15.3. The fraction of sp³-hybridized carbons (Fsp3) is 0.0714. The minimum atomic E-state index is -0.720. The number of pyridine rings is 1. The Labute approximate surface area is 130 Å². The number of carbonyl (C=O) groups is 2. The smallest absolute Gasteiger partial charge is 0.341 e. The topological polar surface area (TPSA) is 68.3 Å². The van der Waals surface area contributed by atoms with E-state index >= 15 is 0 Å². The van der Waals surface area contributed by atoms with Crippen molar-refractivity contribution in [2.24, 2.45) is 0 Å². The molecule has 1 N–H and O–H groups in total. The highest BCUT2D eigenvalue weighted by Gasteiger charge is 2.14. The van der Waals surface area contributed by atoms with E-state index in [0.29, 0.717) is 10.7 Å². The van der Waals surface area contributed by atoms with Crippen molar-refractivity contribution in [3.8, 4) is 0 Å². The van der Waals surface area contributed by atoms with Gasteiger partial charge < -0.3 is 10.1 Å². The predicted molar refractivity (Wildman–Crippen MR) is 79.6 cm³/mol. The Kier molecular flexibility index (Phi) is 5.14. The number of nitrogens with one attached hydrogen (secondary N) is 1. The third-order valence-corrected chi connectivity index (χ3v) is 3.09. The van der Waals surface area contributed by atoms with Gasteiger partial charge in [-0.05, 0) is 24.3 Å². The molecule has 5 nitrogen and oxygen atoms in total. The number of hydrogen-bond acceptors (Lipinski definition) is 4. The van der Waals surface area contributed by atoms with Gasteiger partial charge in [-0.1, -0.05) is 35.3 Å². The molecular formula is C14H10Cl2N2O3. The molecule has 21 heavy (non-hydrogen) atoms. The van der Waals surface area contributed by atoms with Crippen LogP contribution in [0.3, 0.4) is 0 Å². The average molecular weight is 325 g/mol. The lowest BCUT2D eigenvalue weighted by molar-refractivity contribution is -0.119. The Bertz CT molecular complexity index is 677. The number of nitrogens with zero attached hydrogens (tertiary/aromatic N) is 1. The van der Waals surface area contributed by atoms with E-state index in [1.807, 2.05) is 0 Å². The van der Waals surface area contributed by atoms with Gasteiger partial charge in [-0.3, -0.25) is 4.79 Å². The number of amides is 1. The molecule has 0 spiro atoms. The lowest BCUT2D eigenvalue weighted by atomic mass is 10.3. The average Bonchev–Trinajstić information content (AvgIpc) is 2.48. The van der Waals surface area contributed by atoms with E-state index in [1.165, 1.54) is 12.3 Å². The summed E-state index contributed by atoms with van der Waals surface area (Å²) in [7, 11) is 0.